The zero-order valence-corrected chi connectivity index (χ0v) is 11.0. The summed E-state index contributed by atoms with van der Waals surface area (Å²) in [5, 5.41) is 0. The average molecular weight is 272 g/mol. The van der Waals surface area contributed by atoms with Gasteiger partial charge in [0, 0.05) is 25.3 Å². The molecule has 0 spiro atoms. The van der Waals surface area contributed by atoms with E-state index in [1.165, 1.54) is 6.07 Å². The monoisotopic (exact) mass is 272 g/mol. The van der Waals surface area contributed by atoms with E-state index in [1.54, 1.807) is 12.1 Å². The normalized spacial score (nSPS) is 20.1. The van der Waals surface area contributed by atoms with Gasteiger partial charge in [-0.05, 0) is 30.0 Å². The predicted octanol–water partition coefficient (Wildman–Crippen LogP) is 3.40. The quantitative estimate of drug-likeness (QED) is 0.913. The Kier molecular flexibility index (Phi) is 4.04. The lowest BCUT2D eigenvalue weighted by Gasteiger charge is -2.23. The van der Waals surface area contributed by atoms with Gasteiger partial charge in [-0.25, -0.2) is 0 Å². The first-order valence-corrected chi connectivity index (χ1v) is 6.60. The molecule has 19 heavy (non-hydrogen) atoms. The topological polar surface area (TPSA) is 29.3 Å². The number of anilines is 1. The Hall–Kier alpha value is -1.23. The van der Waals surface area contributed by atoms with Crippen molar-refractivity contribution in [1.82, 2.24) is 0 Å². The van der Waals surface area contributed by atoms with Crippen LogP contribution in [0.5, 0.6) is 0 Å². The summed E-state index contributed by atoms with van der Waals surface area (Å²) in [6.07, 6.45) is -2.35. The van der Waals surface area contributed by atoms with E-state index < -0.39 is 11.7 Å². The Morgan fingerprint density at radius 3 is 2.63 bits per heavy atom. The van der Waals surface area contributed by atoms with Crippen LogP contribution >= 0.6 is 0 Å². The van der Waals surface area contributed by atoms with Crippen LogP contribution in [0, 0.1) is 5.92 Å². The van der Waals surface area contributed by atoms with E-state index in [0.29, 0.717) is 30.3 Å². The summed E-state index contributed by atoms with van der Waals surface area (Å²) in [6.45, 7) is 3.61. The molecule has 2 rings (SSSR count). The van der Waals surface area contributed by atoms with Crippen molar-refractivity contribution in [3.63, 3.8) is 0 Å². The number of nitrogens with zero attached hydrogens (tertiary/aromatic N) is 1. The second-order valence-electron chi connectivity index (χ2n) is 5.06. The molecule has 1 aliphatic rings. The summed E-state index contributed by atoms with van der Waals surface area (Å²) in [4.78, 5) is 1.84. The number of nitrogens with two attached hydrogens (primary N) is 1. The Morgan fingerprint density at radius 1 is 1.37 bits per heavy atom. The molecule has 0 radical (unpaired) electrons. The highest BCUT2D eigenvalue weighted by Gasteiger charge is 2.36. The van der Waals surface area contributed by atoms with Crippen LogP contribution in [0.3, 0.4) is 0 Å². The molecule has 2 N–H and O–H groups in total. The molecule has 0 aliphatic carbocycles. The zero-order chi connectivity index (χ0) is 14.0. The predicted molar refractivity (Wildman–Crippen MR) is 69.9 cm³/mol. The van der Waals surface area contributed by atoms with Gasteiger partial charge in [-0.3, -0.25) is 0 Å². The lowest BCUT2D eigenvalue weighted by atomic mass is 10.1. The van der Waals surface area contributed by atoms with Crippen molar-refractivity contribution < 1.29 is 13.2 Å². The molecule has 1 aliphatic heterocycles. The molecule has 1 aromatic carbocycles. The molecule has 1 fully saturated rings. The lowest BCUT2D eigenvalue weighted by molar-refractivity contribution is -0.137. The Bertz CT molecular complexity index is 443. The average Bonchev–Trinajstić information content (AvgIpc) is 2.85. The van der Waals surface area contributed by atoms with Gasteiger partial charge in [0.1, 0.15) is 0 Å². The fourth-order valence-electron chi connectivity index (χ4n) is 2.60. The molecule has 1 unspecified atom stereocenters. The molecule has 106 valence electrons. The smallest absolute Gasteiger partial charge is 0.371 e. The number of benzene rings is 1. The van der Waals surface area contributed by atoms with Crippen molar-refractivity contribution in [3.8, 4) is 0 Å². The van der Waals surface area contributed by atoms with Gasteiger partial charge in [0.25, 0.3) is 0 Å². The van der Waals surface area contributed by atoms with Gasteiger partial charge in [-0.1, -0.05) is 19.4 Å². The largest absolute Gasteiger partial charge is 0.418 e. The zero-order valence-electron chi connectivity index (χ0n) is 11.0. The van der Waals surface area contributed by atoms with E-state index in [9.17, 15) is 13.2 Å². The minimum atomic E-state index is -4.33. The summed E-state index contributed by atoms with van der Waals surface area (Å²) >= 11 is 0. The van der Waals surface area contributed by atoms with Gasteiger partial charge in [0.15, 0.2) is 0 Å². The third-order valence-electron chi connectivity index (χ3n) is 3.81. The van der Waals surface area contributed by atoms with Crippen molar-refractivity contribution in [1.29, 1.82) is 0 Å². The third kappa shape index (κ3) is 3.03. The standard InChI is InChI=1S/C14H19F3N2/c1-2-10-5-6-19(9-10)13-4-3-11(8-18)7-12(13)14(15,16)17/h3-4,7,10H,2,5-6,8-9,18H2,1H3. The van der Waals surface area contributed by atoms with Gasteiger partial charge >= 0.3 is 6.18 Å². The fraction of sp³-hybridized carbons (Fsp3) is 0.571. The first-order chi connectivity index (χ1) is 8.95. The van der Waals surface area contributed by atoms with Crippen LogP contribution in [-0.4, -0.2) is 13.1 Å². The first kappa shape index (κ1) is 14.2. The Morgan fingerprint density at radius 2 is 2.11 bits per heavy atom. The maximum Gasteiger partial charge on any atom is 0.418 e. The third-order valence-corrected chi connectivity index (χ3v) is 3.81. The molecule has 2 nitrogen and oxygen atoms in total. The van der Waals surface area contributed by atoms with Crippen LogP contribution in [0.4, 0.5) is 18.9 Å². The van der Waals surface area contributed by atoms with Crippen LogP contribution < -0.4 is 10.6 Å². The van der Waals surface area contributed by atoms with E-state index in [4.69, 9.17) is 5.73 Å². The first-order valence-electron chi connectivity index (χ1n) is 6.60. The summed E-state index contributed by atoms with van der Waals surface area (Å²) < 4.78 is 39.4. The van der Waals surface area contributed by atoms with Gasteiger partial charge in [0.2, 0.25) is 0 Å². The van der Waals surface area contributed by atoms with Crippen molar-refractivity contribution in [2.24, 2.45) is 11.7 Å². The number of rotatable bonds is 3. The van der Waals surface area contributed by atoms with Gasteiger partial charge < -0.3 is 10.6 Å². The van der Waals surface area contributed by atoms with E-state index in [1.807, 2.05) is 4.90 Å². The number of hydrogen-bond donors (Lipinski definition) is 1. The highest BCUT2D eigenvalue weighted by molar-refractivity contribution is 5.57. The number of alkyl halides is 3. The maximum absolute atomic E-state index is 13.1. The SMILES string of the molecule is CCC1CCN(c2ccc(CN)cc2C(F)(F)F)C1. The van der Waals surface area contributed by atoms with Crippen molar-refractivity contribution in [2.75, 3.05) is 18.0 Å². The van der Waals surface area contributed by atoms with Crippen molar-refractivity contribution in [3.05, 3.63) is 29.3 Å². The summed E-state index contributed by atoms with van der Waals surface area (Å²) in [7, 11) is 0. The second-order valence-corrected chi connectivity index (χ2v) is 5.06. The lowest BCUT2D eigenvalue weighted by Crippen LogP contribution is -2.23. The van der Waals surface area contributed by atoms with E-state index in [0.717, 1.165) is 12.8 Å². The fourth-order valence-corrected chi connectivity index (χ4v) is 2.60. The molecule has 0 bridgehead atoms. The van der Waals surface area contributed by atoms with Gasteiger partial charge in [-0.2, -0.15) is 13.2 Å². The van der Waals surface area contributed by atoms with Gasteiger partial charge in [0.05, 0.1) is 5.56 Å². The molecule has 0 amide bonds. The molecule has 1 saturated heterocycles. The molecular weight excluding hydrogens is 253 g/mol. The van der Waals surface area contributed by atoms with Crippen LogP contribution in [0.25, 0.3) is 0 Å². The maximum atomic E-state index is 13.1. The van der Waals surface area contributed by atoms with Crippen LogP contribution in [0.1, 0.15) is 30.9 Å². The summed E-state index contributed by atoms with van der Waals surface area (Å²) in [5.41, 5.74) is 5.67. The van der Waals surface area contributed by atoms with E-state index in [2.05, 4.69) is 6.92 Å². The molecule has 0 saturated carbocycles. The van der Waals surface area contributed by atoms with Crippen molar-refractivity contribution in [2.45, 2.75) is 32.5 Å². The van der Waals surface area contributed by atoms with Crippen molar-refractivity contribution >= 4 is 5.69 Å². The Balaban J connectivity index is 2.34. The summed E-state index contributed by atoms with van der Waals surface area (Å²) in [6, 6.07) is 4.42. The summed E-state index contributed by atoms with van der Waals surface area (Å²) in [5.74, 6) is 0.496. The van der Waals surface area contributed by atoms with Crippen LogP contribution in [0.15, 0.2) is 18.2 Å². The minimum absolute atomic E-state index is 0.126. The Labute approximate surface area is 111 Å². The molecule has 0 aromatic heterocycles. The molecule has 5 heteroatoms. The minimum Gasteiger partial charge on any atom is -0.371 e. The van der Waals surface area contributed by atoms with E-state index >= 15 is 0 Å². The molecule has 1 heterocycles. The van der Waals surface area contributed by atoms with Crippen LogP contribution in [0.2, 0.25) is 0 Å². The highest BCUT2D eigenvalue weighted by atomic mass is 19.4. The number of hydrogen-bond acceptors (Lipinski definition) is 2. The highest BCUT2D eigenvalue weighted by Crippen LogP contribution is 2.39. The van der Waals surface area contributed by atoms with E-state index in [-0.39, 0.29) is 6.54 Å². The molecule has 1 atom stereocenters. The molecular formula is C14H19F3N2. The number of halogens is 3. The van der Waals surface area contributed by atoms with Crippen LogP contribution in [-0.2, 0) is 12.7 Å². The molecule has 1 aromatic rings. The van der Waals surface area contributed by atoms with Gasteiger partial charge in [-0.15, -0.1) is 0 Å². The second kappa shape index (κ2) is 5.41.